The second-order valence-electron chi connectivity index (χ2n) is 12.8. The Morgan fingerprint density at radius 2 is 1.83 bits per heavy atom. The van der Waals surface area contributed by atoms with Crippen LogP contribution in [0.3, 0.4) is 0 Å². The number of fused-ring (bicyclic) bond motifs is 6. The number of carboxylic acids is 1. The van der Waals surface area contributed by atoms with Crippen LogP contribution in [0.1, 0.15) is 81.9 Å². The van der Waals surface area contributed by atoms with Gasteiger partial charge in [-0.15, -0.1) is 5.10 Å². The Morgan fingerprint density at radius 1 is 1.00 bits per heavy atom. The fraction of sp³-hybridized carbons (Fsp3) is 0.400. The molecule has 2 aromatic carbocycles. The predicted octanol–water partition coefficient (Wildman–Crippen LogP) is 6.57. The first kappa shape index (κ1) is 30.9. The Bertz CT molecular complexity index is 2010. The summed E-state index contributed by atoms with van der Waals surface area (Å²) >= 11 is 0. The van der Waals surface area contributed by atoms with Crippen LogP contribution in [0.5, 0.6) is 0 Å². The van der Waals surface area contributed by atoms with Crippen molar-refractivity contribution in [2.45, 2.75) is 83.6 Å². The van der Waals surface area contributed by atoms with Crippen LogP contribution in [0.2, 0.25) is 0 Å². The molecule has 9 nitrogen and oxygen atoms in total. The van der Waals surface area contributed by atoms with Crippen LogP contribution in [0.25, 0.3) is 22.1 Å². The van der Waals surface area contributed by atoms with E-state index in [4.69, 9.17) is 4.98 Å². The lowest BCUT2D eigenvalue weighted by atomic mass is 9.84. The Labute approximate surface area is 269 Å². The van der Waals surface area contributed by atoms with Gasteiger partial charge in [0.1, 0.15) is 17.8 Å². The lowest BCUT2D eigenvalue weighted by Crippen LogP contribution is -2.37. The van der Waals surface area contributed by atoms with Gasteiger partial charge in [-0.25, -0.2) is 9.67 Å². The molecule has 5 aromatic rings. The average molecular weight is 645 g/mol. The molecule has 3 aromatic heterocycles. The average Bonchev–Trinajstić information content (AvgIpc) is 3.61. The second-order valence-corrected chi connectivity index (χ2v) is 12.8. The topological polar surface area (TPSA) is 106 Å². The van der Waals surface area contributed by atoms with E-state index in [-0.39, 0.29) is 18.7 Å². The molecule has 8 rings (SSSR count). The van der Waals surface area contributed by atoms with Gasteiger partial charge in [0.05, 0.1) is 6.42 Å². The van der Waals surface area contributed by atoms with E-state index in [9.17, 15) is 27.9 Å². The van der Waals surface area contributed by atoms with Gasteiger partial charge in [-0.2, -0.15) is 13.2 Å². The van der Waals surface area contributed by atoms with E-state index < -0.39 is 30.5 Å². The van der Waals surface area contributed by atoms with Crippen LogP contribution in [0, 0.1) is 6.92 Å². The van der Waals surface area contributed by atoms with Gasteiger partial charge >= 0.3 is 12.1 Å². The van der Waals surface area contributed by atoms with Crippen molar-refractivity contribution in [2.24, 2.45) is 0 Å². The highest BCUT2D eigenvalue weighted by Gasteiger charge is 2.33. The zero-order valence-corrected chi connectivity index (χ0v) is 26.1. The van der Waals surface area contributed by atoms with Crippen molar-refractivity contribution >= 4 is 33.9 Å². The standard InChI is InChI=1S/C35H35F3N6O3/c1-21-28-18-39-33-32(21)40-41-44(33)12-5-3-2-4-6-22-7-10-29-25(14-22)16-30(43(29)20-35(36,37)38)34(47)42-13-11-23-8-9-24(15-26(23)19-42)27(28)17-31(45)46/h7-10,14-16,18,27H,2-6,11-13,17,19-20H2,1H3,(H,45,46)/t27-/m0/s1. The van der Waals surface area contributed by atoms with Gasteiger partial charge in [-0.1, -0.05) is 42.3 Å². The number of carbonyl (C=O) groups is 2. The van der Waals surface area contributed by atoms with Crippen LogP contribution in [-0.4, -0.2) is 59.1 Å². The second kappa shape index (κ2) is 12.1. The summed E-state index contributed by atoms with van der Waals surface area (Å²) in [5.74, 6) is -1.96. The lowest BCUT2D eigenvalue weighted by Gasteiger charge is -2.30. The molecular formula is C35H35F3N6O3. The fourth-order valence-corrected chi connectivity index (χ4v) is 7.20. The van der Waals surface area contributed by atoms with Crippen molar-refractivity contribution in [2.75, 3.05) is 6.54 Å². The number of carboxylic acid groups (broad SMARTS) is 1. The normalized spacial score (nSPS) is 17.6. The molecule has 3 aliphatic heterocycles. The van der Waals surface area contributed by atoms with Crippen LogP contribution in [0.4, 0.5) is 13.2 Å². The molecule has 0 saturated heterocycles. The molecule has 1 amide bonds. The van der Waals surface area contributed by atoms with Crippen molar-refractivity contribution in [3.05, 3.63) is 87.7 Å². The maximum atomic E-state index is 14.0. The van der Waals surface area contributed by atoms with Gasteiger partial charge in [0.15, 0.2) is 5.65 Å². The summed E-state index contributed by atoms with van der Waals surface area (Å²) in [6.07, 6.45) is 2.06. The zero-order chi connectivity index (χ0) is 32.9. The quantitative estimate of drug-likeness (QED) is 0.238. The molecule has 0 aliphatic carbocycles. The number of nitrogens with zero attached hydrogens (tertiary/aromatic N) is 6. The van der Waals surface area contributed by atoms with Crippen molar-refractivity contribution in [1.82, 2.24) is 29.4 Å². The molecule has 0 unspecified atom stereocenters. The zero-order valence-electron chi connectivity index (χ0n) is 26.1. The molecule has 6 heterocycles. The predicted molar refractivity (Wildman–Crippen MR) is 169 cm³/mol. The van der Waals surface area contributed by atoms with E-state index in [1.54, 1.807) is 27.9 Å². The highest BCUT2D eigenvalue weighted by Crippen LogP contribution is 2.35. The number of aryl methyl sites for hydroxylation is 3. The van der Waals surface area contributed by atoms with Gasteiger partial charge in [0.2, 0.25) is 0 Å². The minimum absolute atomic E-state index is 0.0127. The van der Waals surface area contributed by atoms with Crippen molar-refractivity contribution < 1.29 is 27.9 Å². The largest absolute Gasteiger partial charge is 0.481 e. The molecule has 244 valence electrons. The number of hydrogen-bond donors (Lipinski definition) is 1. The van der Waals surface area contributed by atoms with Crippen LogP contribution < -0.4 is 0 Å². The number of alkyl halides is 3. The number of carbonyl (C=O) groups excluding carboxylic acids is 1. The van der Waals surface area contributed by atoms with Crippen LogP contribution in [-0.2, 0) is 37.3 Å². The van der Waals surface area contributed by atoms with E-state index in [0.717, 1.165) is 70.1 Å². The van der Waals surface area contributed by atoms with Gasteiger partial charge in [0, 0.05) is 42.7 Å². The number of aliphatic carboxylic acids is 1. The fourth-order valence-electron chi connectivity index (χ4n) is 7.20. The Kier molecular flexibility index (Phi) is 7.97. The SMILES string of the molecule is Cc1c2cnc3c1nnn3CCCCCCc1ccc3c(c1)cc(n3CC(F)(F)F)C(=O)N1CCc3ccc(cc3C1)[C@@H]2CC(=O)O. The van der Waals surface area contributed by atoms with Gasteiger partial charge in [-0.3, -0.25) is 9.59 Å². The molecule has 1 N–H and O–H groups in total. The molecule has 10 bridgehead atoms. The maximum Gasteiger partial charge on any atom is 0.406 e. The number of amides is 1. The Balaban J connectivity index is 1.32. The molecule has 12 heteroatoms. The highest BCUT2D eigenvalue weighted by atomic mass is 19.4. The first-order valence-electron chi connectivity index (χ1n) is 16.1. The van der Waals surface area contributed by atoms with Crippen LogP contribution >= 0.6 is 0 Å². The van der Waals surface area contributed by atoms with Gasteiger partial charge in [-0.05, 0) is 84.2 Å². The number of aromatic nitrogens is 5. The van der Waals surface area contributed by atoms with Crippen LogP contribution in [0.15, 0.2) is 48.7 Å². The summed E-state index contributed by atoms with van der Waals surface area (Å²) in [7, 11) is 0. The van der Waals surface area contributed by atoms with Crippen molar-refractivity contribution in [3.63, 3.8) is 0 Å². The third-order valence-electron chi connectivity index (χ3n) is 9.62. The van der Waals surface area contributed by atoms with E-state index in [1.165, 1.54) is 0 Å². The number of benzene rings is 2. The summed E-state index contributed by atoms with van der Waals surface area (Å²) in [6, 6.07) is 12.9. The van der Waals surface area contributed by atoms with E-state index in [1.807, 2.05) is 37.3 Å². The molecule has 0 fully saturated rings. The molecule has 47 heavy (non-hydrogen) atoms. The minimum atomic E-state index is -4.51. The monoisotopic (exact) mass is 644 g/mol. The van der Waals surface area contributed by atoms with E-state index in [0.29, 0.717) is 41.6 Å². The van der Waals surface area contributed by atoms with Crippen molar-refractivity contribution in [1.29, 1.82) is 0 Å². The molecule has 0 saturated carbocycles. The Hall–Kier alpha value is -4.74. The number of halogens is 3. The van der Waals surface area contributed by atoms with Gasteiger partial charge < -0.3 is 14.6 Å². The summed E-state index contributed by atoms with van der Waals surface area (Å²) in [5, 5.41) is 19.3. The minimum Gasteiger partial charge on any atom is -0.481 e. The van der Waals surface area contributed by atoms with Gasteiger partial charge in [0.25, 0.3) is 5.91 Å². The number of pyridine rings is 1. The third kappa shape index (κ3) is 6.08. The lowest BCUT2D eigenvalue weighted by molar-refractivity contribution is -0.140. The third-order valence-corrected chi connectivity index (χ3v) is 9.62. The summed E-state index contributed by atoms with van der Waals surface area (Å²) in [5.41, 5.74) is 6.91. The highest BCUT2D eigenvalue weighted by molar-refractivity contribution is 5.99. The number of hydrogen-bond acceptors (Lipinski definition) is 5. The maximum absolute atomic E-state index is 14.0. The molecule has 0 spiro atoms. The summed E-state index contributed by atoms with van der Waals surface area (Å²) in [6.45, 7) is 1.86. The first-order valence-corrected chi connectivity index (χ1v) is 16.1. The number of rotatable bonds is 3. The van der Waals surface area contributed by atoms with Crippen molar-refractivity contribution in [3.8, 4) is 0 Å². The van der Waals surface area contributed by atoms with E-state index >= 15 is 0 Å². The smallest absolute Gasteiger partial charge is 0.406 e. The molecule has 3 aliphatic rings. The summed E-state index contributed by atoms with van der Waals surface area (Å²) in [4.78, 5) is 32.4. The molecule has 0 radical (unpaired) electrons. The molecule has 1 atom stereocenters. The summed E-state index contributed by atoms with van der Waals surface area (Å²) < 4.78 is 44.3. The molecular weight excluding hydrogens is 609 g/mol. The Morgan fingerprint density at radius 3 is 2.64 bits per heavy atom. The first-order chi connectivity index (χ1) is 22.6. The van der Waals surface area contributed by atoms with E-state index in [2.05, 4.69) is 10.3 Å².